The number of fused-ring (bicyclic) bond motifs is 1. The van der Waals surface area contributed by atoms with Crippen molar-refractivity contribution in [2.45, 2.75) is 12.8 Å². The molecule has 146 valence electrons. The molecule has 0 saturated heterocycles. The van der Waals surface area contributed by atoms with E-state index in [0.717, 1.165) is 24.1 Å². The Morgan fingerprint density at radius 3 is 2.52 bits per heavy atom. The number of rotatable bonds is 3. The van der Waals surface area contributed by atoms with E-state index < -0.39 is 5.82 Å². The number of aryl methyl sites for hydroxylation is 1. The molecule has 0 spiro atoms. The molecule has 0 saturated carbocycles. The zero-order chi connectivity index (χ0) is 20.4. The van der Waals surface area contributed by atoms with E-state index >= 15 is 0 Å². The maximum absolute atomic E-state index is 14.0. The van der Waals surface area contributed by atoms with Crippen molar-refractivity contribution in [3.63, 3.8) is 0 Å². The van der Waals surface area contributed by atoms with Crippen molar-refractivity contribution in [1.29, 1.82) is 0 Å². The van der Waals surface area contributed by atoms with E-state index in [1.165, 1.54) is 12.1 Å². The van der Waals surface area contributed by atoms with Gasteiger partial charge in [0.25, 0.3) is 11.8 Å². The number of amides is 2. The lowest BCUT2D eigenvalue weighted by Crippen LogP contribution is -2.35. The van der Waals surface area contributed by atoms with Crippen LogP contribution in [0.15, 0.2) is 71.2 Å². The summed E-state index contributed by atoms with van der Waals surface area (Å²) in [5.74, 6) is -0.952. The van der Waals surface area contributed by atoms with Gasteiger partial charge in [-0.3, -0.25) is 9.59 Å². The summed E-state index contributed by atoms with van der Waals surface area (Å²) in [4.78, 5) is 27.2. The highest BCUT2D eigenvalue weighted by Crippen LogP contribution is 2.30. The molecule has 0 fully saturated rings. The fourth-order valence-electron chi connectivity index (χ4n) is 3.47. The number of hydrogen-bond donors (Lipinski definition) is 1. The Morgan fingerprint density at radius 2 is 1.76 bits per heavy atom. The molecular formula is C23H18BrFN2O2. The zero-order valence-corrected chi connectivity index (χ0v) is 17.1. The Bertz CT molecular complexity index is 1090. The zero-order valence-electron chi connectivity index (χ0n) is 15.5. The molecule has 0 atom stereocenters. The molecule has 3 aromatic carbocycles. The van der Waals surface area contributed by atoms with Crippen LogP contribution in [0.25, 0.3) is 0 Å². The molecule has 4 rings (SSSR count). The largest absolute Gasteiger partial charge is 0.319 e. The summed E-state index contributed by atoms with van der Waals surface area (Å²) in [5, 5.41) is 2.61. The topological polar surface area (TPSA) is 49.4 Å². The van der Waals surface area contributed by atoms with Crippen molar-refractivity contribution in [3.8, 4) is 0 Å². The van der Waals surface area contributed by atoms with Crippen molar-refractivity contribution in [3.05, 3.63) is 93.7 Å². The van der Waals surface area contributed by atoms with Crippen molar-refractivity contribution < 1.29 is 14.0 Å². The van der Waals surface area contributed by atoms with E-state index in [1.54, 1.807) is 41.3 Å². The summed E-state index contributed by atoms with van der Waals surface area (Å²) in [5.41, 5.74) is 2.94. The van der Waals surface area contributed by atoms with E-state index in [-0.39, 0.29) is 17.5 Å². The van der Waals surface area contributed by atoms with Gasteiger partial charge in [0.2, 0.25) is 0 Å². The van der Waals surface area contributed by atoms with E-state index in [9.17, 15) is 14.0 Å². The minimum Gasteiger partial charge on any atom is -0.319 e. The van der Waals surface area contributed by atoms with Gasteiger partial charge in [0.05, 0.1) is 5.69 Å². The standard InChI is InChI=1S/C23H18BrFN2O2/c24-18-9-10-20(19(25)14-18)26-22(28)17-8-11-21-16(13-17)7-4-12-27(21)23(29)15-5-2-1-3-6-15/h1-3,5-6,8-11,13-14H,4,7,12H2,(H,26,28). The van der Waals surface area contributed by atoms with Crippen LogP contribution in [0.3, 0.4) is 0 Å². The van der Waals surface area contributed by atoms with Gasteiger partial charge in [0.1, 0.15) is 5.82 Å². The summed E-state index contributed by atoms with van der Waals surface area (Å²) >= 11 is 3.20. The first-order chi connectivity index (χ1) is 14.0. The van der Waals surface area contributed by atoms with Gasteiger partial charge in [0.15, 0.2) is 0 Å². The van der Waals surface area contributed by atoms with E-state index in [2.05, 4.69) is 21.2 Å². The van der Waals surface area contributed by atoms with E-state index in [1.807, 2.05) is 18.2 Å². The van der Waals surface area contributed by atoms with Crippen molar-refractivity contribution in [2.24, 2.45) is 0 Å². The van der Waals surface area contributed by atoms with Gasteiger partial charge in [-0.1, -0.05) is 34.1 Å². The molecule has 3 aromatic rings. The molecule has 0 aliphatic carbocycles. The number of nitrogens with one attached hydrogen (secondary N) is 1. The highest BCUT2D eigenvalue weighted by atomic mass is 79.9. The summed E-state index contributed by atoms with van der Waals surface area (Å²) in [6, 6.07) is 18.9. The fraction of sp³-hybridized carbons (Fsp3) is 0.130. The molecule has 1 aliphatic rings. The molecule has 1 heterocycles. The number of hydrogen-bond acceptors (Lipinski definition) is 2. The van der Waals surface area contributed by atoms with Crippen LogP contribution in [0.5, 0.6) is 0 Å². The summed E-state index contributed by atoms with van der Waals surface area (Å²) in [7, 11) is 0. The molecule has 1 aliphatic heterocycles. The van der Waals surface area contributed by atoms with Crippen LogP contribution in [-0.4, -0.2) is 18.4 Å². The Hall–Kier alpha value is -2.99. The van der Waals surface area contributed by atoms with E-state index in [4.69, 9.17) is 0 Å². The molecule has 6 heteroatoms. The predicted molar refractivity (Wildman–Crippen MR) is 115 cm³/mol. The smallest absolute Gasteiger partial charge is 0.258 e. The maximum atomic E-state index is 14.0. The second kappa shape index (κ2) is 8.17. The summed E-state index contributed by atoms with van der Waals surface area (Å²) in [6.45, 7) is 0.635. The van der Waals surface area contributed by atoms with Gasteiger partial charge in [0, 0.05) is 27.8 Å². The Balaban J connectivity index is 1.58. The Kier molecular flexibility index (Phi) is 5.45. The predicted octanol–water partition coefficient (Wildman–Crippen LogP) is 5.43. The van der Waals surface area contributed by atoms with E-state index in [0.29, 0.717) is 22.1 Å². The second-order valence-corrected chi connectivity index (χ2v) is 7.76. The minimum absolute atomic E-state index is 0.0549. The van der Waals surface area contributed by atoms with Crippen LogP contribution >= 0.6 is 15.9 Å². The molecular weight excluding hydrogens is 435 g/mol. The monoisotopic (exact) mass is 452 g/mol. The van der Waals surface area contributed by atoms with Crippen LogP contribution in [-0.2, 0) is 6.42 Å². The number of carbonyl (C=O) groups excluding carboxylic acids is 2. The first kappa shape index (κ1) is 19.3. The molecule has 0 radical (unpaired) electrons. The Labute approximate surface area is 176 Å². The molecule has 0 bridgehead atoms. The van der Waals surface area contributed by atoms with Crippen LogP contribution in [0.4, 0.5) is 15.8 Å². The number of nitrogens with zero attached hydrogens (tertiary/aromatic N) is 1. The van der Waals surface area contributed by atoms with Gasteiger partial charge in [-0.25, -0.2) is 4.39 Å². The number of anilines is 2. The van der Waals surface area contributed by atoms with Crippen LogP contribution < -0.4 is 10.2 Å². The molecule has 0 unspecified atom stereocenters. The summed E-state index contributed by atoms with van der Waals surface area (Å²) in [6.07, 6.45) is 1.60. The molecule has 29 heavy (non-hydrogen) atoms. The molecule has 2 amide bonds. The highest BCUT2D eigenvalue weighted by Gasteiger charge is 2.24. The van der Waals surface area contributed by atoms with Crippen molar-refractivity contribution >= 4 is 39.1 Å². The summed E-state index contributed by atoms with van der Waals surface area (Å²) < 4.78 is 14.6. The maximum Gasteiger partial charge on any atom is 0.258 e. The molecule has 0 aromatic heterocycles. The first-order valence-corrected chi connectivity index (χ1v) is 10.1. The normalized spacial score (nSPS) is 13.0. The average molecular weight is 453 g/mol. The van der Waals surface area contributed by atoms with Gasteiger partial charge in [-0.15, -0.1) is 0 Å². The molecule has 1 N–H and O–H groups in total. The molecule has 4 nitrogen and oxygen atoms in total. The van der Waals surface area contributed by atoms with Gasteiger partial charge in [-0.05, 0) is 66.9 Å². The fourth-order valence-corrected chi connectivity index (χ4v) is 3.80. The van der Waals surface area contributed by atoms with Gasteiger partial charge >= 0.3 is 0 Å². The lowest BCUT2D eigenvalue weighted by molar-refractivity contribution is 0.0984. The van der Waals surface area contributed by atoms with Crippen LogP contribution in [0.2, 0.25) is 0 Å². The number of carbonyl (C=O) groups is 2. The van der Waals surface area contributed by atoms with Crippen LogP contribution in [0, 0.1) is 5.82 Å². The lowest BCUT2D eigenvalue weighted by Gasteiger charge is -2.30. The SMILES string of the molecule is O=C(Nc1ccc(Br)cc1F)c1ccc2c(c1)CCCN2C(=O)c1ccccc1. The van der Waals surface area contributed by atoms with Crippen molar-refractivity contribution in [2.75, 3.05) is 16.8 Å². The van der Waals surface area contributed by atoms with Gasteiger partial charge in [-0.2, -0.15) is 0 Å². The minimum atomic E-state index is -0.509. The third-order valence-electron chi connectivity index (χ3n) is 4.91. The quantitative estimate of drug-likeness (QED) is 0.575. The Morgan fingerprint density at radius 1 is 0.966 bits per heavy atom. The lowest BCUT2D eigenvalue weighted by atomic mass is 9.98. The van der Waals surface area contributed by atoms with Gasteiger partial charge < -0.3 is 10.2 Å². The second-order valence-electron chi connectivity index (χ2n) is 6.85. The third kappa shape index (κ3) is 4.07. The average Bonchev–Trinajstić information content (AvgIpc) is 2.75. The first-order valence-electron chi connectivity index (χ1n) is 9.29. The number of benzene rings is 3. The van der Waals surface area contributed by atoms with Crippen molar-refractivity contribution in [1.82, 2.24) is 0 Å². The highest BCUT2D eigenvalue weighted by molar-refractivity contribution is 9.10. The number of halogens is 2. The van der Waals surface area contributed by atoms with Crippen LogP contribution in [0.1, 0.15) is 32.7 Å². The third-order valence-corrected chi connectivity index (χ3v) is 5.40.